The third-order valence-corrected chi connectivity index (χ3v) is 5.33. The first-order valence-corrected chi connectivity index (χ1v) is 10.4. The molecule has 1 aliphatic heterocycles. The highest BCUT2D eigenvalue weighted by atomic mass is 19.1. The number of carboxylic acids is 1. The zero-order chi connectivity index (χ0) is 24.2. The van der Waals surface area contributed by atoms with Crippen LogP contribution in [0.3, 0.4) is 0 Å². The first kappa shape index (κ1) is 22.7. The van der Waals surface area contributed by atoms with Crippen molar-refractivity contribution >= 4 is 35.1 Å². The minimum absolute atomic E-state index is 0.0766. The Morgan fingerprint density at radius 2 is 1.76 bits per heavy atom. The van der Waals surface area contributed by atoms with Crippen molar-refractivity contribution in [2.45, 2.75) is 12.5 Å². The van der Waals surface area contributed by atoms with E-state index in [4.69, 9.17) is 0 Å². The van der Waals surface area contributed by atoms with Crippen LogP contribution in [0.5, 0.6) is 0 Å². The molecule has 3 N–H and O–H groups in total. The van der Waals surface area contributed by atoms with Gasteiger partial charge < -0.3 is 15.7 Å². The molecule has 0 aromatic heterocycles. The lowest BCUT2D eigenvalue weighted by Gasteiger charge is -2.29. The fourth-order valence-electron chi connectivity index (χ4n) is 3.68. The molecule has 8 nitrogen and oxygen atoms in total. The predicted octanol–water partition coefficient (Wildman–Crippen LogP) is 2.85. The summed E-state index contributed by atoms with van der Waals surface area (Å²) in [5.41, 5.74) is 1.48. The number of nitrogens with zero attached hydrogens (tertiary/aromatic N) is 1. The third kappa shape index (κ3) is 4.93. The Bertz CT molecular complexity index is 1280. The van der Waals surface area contributed by atoms with Gasteiger partial charge in [-0.2, -0.15) is 0 Å². The molecule has 1 heterocycles. The van der Waals surface area contributed by atoms with Crippen molar-refractivity contribution in [1.29, 1.82) is 0 Å². The van der Waals surface area contributed by atoms with E-state index in [1.807, 2.05) is 6.07 Å². The molecule has 0 radical (unpaired) electrons. The van der Waals surface area contributed by atoms with E-state index >= 15 is 0 Å². The lowest BCUT2D eigenvalue weighted by Crippen LogP contribution is -2.43. The van der Waals surface area contributed by atoms with Gasteiger partial charge in [-0.3, -0.25) is 19.3 Å². The van der Waals surface area contributed by atoms with E-state index in [9.17, 15) is 28.7 Å². The second-order valence-electron chi connectivity index (χ2n) is 7.74. The molecular weight excluding hydrogens is 441 g/mol. The predicted molar refractivity (Wildman–Crippen MR) is 122 cm³/mol. The van der Waals surface area contributed by atoms with Crippen molar-refractivity contribution in [2.75, 3.05) is 16.8 Å². The van der Waals surface area contributed by atoms with Gasteiger partial charge in [-0.1, -0.05) is 36.4 Å². The van der Waals surface area contributed by atoms with Crippen LogP contribution >= 0.6 is 0 Å². The van der Waals surface area contributed by atoms with Crippen molar-refractivity contribution in [3.8, 4) is 0 Å². The van der Waals surface area contributed by atoms with Crippen LogP contribution in [0.15, 0.2) is 72.8 Å². The highest BCUT2D eigenvalue weighted by Gasteiger charge is 2.29. The van der Waals surface area contributed by atoms with Crippen molar-refractivity contribution in [1.82, 2.24) is 5.32 Å². The first-order chi connectivity index (χ1) is 16.3. The summed E-state index contributed by atoms with van der Waals surface area (Å²) < 4.78 is 13.6. The molecule has 0 aliphatic carbocycles. The molecule has 4 rings (SSSR count). The second-order valence-corrected chi connectivity index (χ2v) is 7.74. The van der Waals surface area contributed by atoms with Crippen molar-refractivity contribution in [3.05, 3.63) is 95.3 Å². The first-order valence-electron chi connectivity index (χ1n) is 10.4. The second kappa shape index (κ2) is 9.53. The summed E-state index contributed by atoms with van der Waals surface area (Å²) in [4.78, 5) is 50.8. The average Bonchev–Trinajstić information content (AvgIpc) is 2.82. The fourth-order valence-corrected chi connectivity index (χ4v) is 3.68. The number of hydrogen-bond donors (Lipinski definition) is 3. The molecule has 9 heteroatoms. The maximum atomic E-state index is 13.6. The Morgan fingerprint density at radius 1 is 1.00 bits per heavy atom. The molecule has 0 bridgehead atoms. The monoisotopic (exact) mass is 461 g/mol. The van der Waals surface area contributed by atoms with Gasteiger partial charge in [-0.25, -0.2) is 9.18 Å². The van der Waals surface area contributed by atoms with E-state index in [-0.39, 0.29) is 29.8 Å². The van der Waals surface area contributed by atoms with E-state index in [0.29, 0.717) is 5.69 Å². The molecule has 3 aromatic rings. The van der Waals surface area contributed by atoms with Gasteiger partial charge in [0.15, 0.2) is 0 Å². The van der Waals surface area contributed by atoms with Gasteiger partial charge in [0.05, 0.1) is 11.4 Å². The standard InChI is InChI=1S/C25H20FN3O5/c26-18-8-4-7-17(12-18)24(32)29-14-22(30)27-19-13-16(9-10-21(19)29)23(31)28-20(25(33)34)11-15-5-2-1-3-6-15/h1-10,12-13,20H,11,14H2,(H,27,30)(H,28,31)(H,33,34). The summed E-state index contributed by atoms with van der Waals surface area (Å²) in [5, 5.41) is 14.6. The molecule has 0 fully saturated rings. The van der Waals surface area contributed by atoms with Crippen LogP contribution in [-0.4, -0.2) is 41.4 Å². The zero-order valence-corrected chi connectivity index (χ0v) is 17.8. The van der Waals surface area contributed by atoms with Crippen LogP contribution in [0, 0.1) is 5.82 Å². The molecule has 0 saturated carbocycles. The normalized spacial score (nSPS) is 13.4. The molecule has 34 heavy (non-hydrogen) atoms. The Balaban J connectivity index is 1.56. The number of carbonyl (C=O) groups excluding carboxylic acids is 3. The lowest BCUT2D eigenvalue weighted by molar-refractivity contribution is -0.139. The summed E-state index contributed by atoms with van der Waals surface area (Å²) in [6.45, 7) is -0.272. The summed E-state index contributed by atoms with van der Waals surface area (Å²) in [5.74, 6) is -3.46. The van der Waals surface area contributed by atoms with Crippen LogP contribution in [0.4, 0.5) is 15.8 Å². The average molecular weight is 461 g/mol. The molecule has 1 unspecified atom stereocenters. The van der Waals surface area contributed by atoms with Gasteiger partial charge in [0.1, 0.15) is 18.4 Å². The van der Waals surface area contributed by atoms with E-state index in [1.165, 1.54) is 41.3 Å². The fraction of sp³-hybridized carbons (Fsp3) is 0.120. The van der Waals surface area contributed by atoms with Crippen LogP contribution in [0.1, 0.15) is 26.3 Å². The number of rotatable bonds is 6. The number of hydrogen-bond acceptors (Lipinski definition) is 4. The molecule has 3 amide bonds. The maximum Gasteiger partial charge on any atom is 0.326 e. The van der Waals surface area contributed by atoms with Gasteiger partial charge in [0, 0.05) is 17.5 Å². The van der Waals surface area contributed by atoms with Gasteiger partial charge in [-0.15, -0.1) is 0 Å². The summed E-state index contributed by atoms with van der Waals surface area (Å²) in [7, 11) is 0. The van der Waals surface area contributed by atoms with Crippen LogP contribution in [-0.2, 0) is 16.0 Å². The summed E-state index contributed by atoms with van der Waals surface area (Å²) in [6.07, 6.45) is 0.0967. The third-order valence-electron chi connectivity index (χ3n) is 5.33. The molecule has 3 aromatic carbocycles. The Hall–Kier alpha value is -4.53. The number of amides is 3. The number of carbonyl (C=O) groups is 4. The topological polar surface area (TPSA) is 116 Å². The van der Waals surface area contributed by atoms with Crippen LogP contribution in [0.2, 0.25) is 0 Å². The van der Waals surface area contributed by atoms with Crippen LogP contribution < -0.4 is 15.5 Å². The quantitative estimate of drug-likeness (QED) is 0.522. The van der Waals surface area contributed by atoms with Gasteiger partial charge in [-0.05, 0) is 42.0 Å². The smallest absolute Gasteiger partial charge is 0.326 e. The van der Waals surface area contributed by atoms with Crippen molar-refractivity contribution in [2.24, 2.45) is 0 Å². The van der Waals surface area contributed by atoms with Gasteiger partial charge >= 0.3 is 5.97 Å². The number of nitrogens with one attached hydrogen (secondary N) is 2. The number of carboxylic acid groups (broad SMARTS) is 1. The van der Waals surface area contributed by atoms with Gasteiger partial charge in [0.25, 0.3) is 11.8 Å². The largest absolute Gasteiger partial charge is 0.480 e. The number of fused-ring (bicyclic) bond motifs is 1. The maximum absolute atomic E-state index is 13.6. The number of halogens is 1. The Labute approximate surface area is 194 Å². The molecule has 0 saturated heterocycles. The molecule has 0 spiro atoms. The highest BCUT2D eigenvalue weighted by Crippen LogP contribution is 2.31. The minimum Gasteiger partial charge on any atom is -0.480 e. The summed E-state index contributed by atoms with van der Waals surface area (Å²) in [6, 6.07) is 17.1. The number of anilines is 2. The van der Waals surface area contributed by atoms with E-state index in [1.54, 1.807) is 24.3 Å². The minimum atomic E-state index is -1.18. The lowest BCUT2D eigenvalue weighted by atomic mass is 10.0. The van der Waals surface area contributed by atoms with Gasteiger partial charge in [0.2, 0.25) is 5.91 Å². The Morgan fingerprint density at radius 3 is 2.47 bits per heavy atom. The highest BCUT2D eigenvalue weighted by molar-refractivity contribution is 6.15. The zero-order valence-electron chi connectivity index (χ0n) is 17.8. The van der Waals surface area contributed by atoms with E-state index in [0.717, 1.165) is 11.6 Å². The number of benzene rings is 3. The molecular formula is C25H20FN3O5. The SMILES string of the molecule is O=C1CN(C(=O)c2cccc(F)c2)c2ccc(C(=O)NC(Cc3ccccc3)C(=O)O)cc2N1. The van der Waals surface area contributed by atoms with Crippen molar-refractivity contribution < 1.29 is 28.7 Å². The molecule has 1 aliphatic rings. The summed E-state index contributed by atoms with van der Waals surface area (Å²) >= 11 is 0. The number of aliphatic carboxylic acids is 1. The Kier molecular flexibility index (Phi) is 6.35. The van der Waals surface area contributed by atoms with Crippen LogP contribution in [0.25, 0.3) is 0 Å². The van der Waals surface area contributed by atoms with E-state index < -0.39 is 35.5 Å². The van der Waals surface area contributed by atoms with E-state index in [2.05, 4.69) is 10.6 Å². The molecule has 172 valence electrons. The van der Waals surface area contributed by atoms with Crippen molar-refractivity contribution in [3.63, 3.8) is 0 Å². The molecule has 1 atom stereocenters.